The maximum absolute atomic E-state index is 14.8. The van der Waals surface area contributed by atoms with Gasteiger partial charge in [-0.2, -0.15) is 0 Å². The third kappa shape index (κ3) is 12.3. The lowest BCUT2D eigenvalue weighted by Crippen LogP contribution is -2.55. The van der Waals surface area contributed by atoms with Crippen LogP contribution in [0.3, 0.4) is 0 Å². The van der Waals surface area contributed by atoms with Gasteiger partial charge in [0.2, 0.25) is 17.7 Å². The highest BCUT2D eigenvalue weighted by molar-refractivity contribution is 6.02. The Morgan fingerprint density at radius 2 is 1.53 bits per heavy atom. The number of hydrogen-bond acceptors (Lipinski definition) is 16. The van der Waals surface area contributed by atoms with Crippen LogP contribution in [0.15, 0.2) is 54.6 Å². The topological polar surface area (TPSA) is 354 Å². The van der Waals surface area contributed by atoms with Gasteiger partial charge in [0.1, 0.15) is 66.7 Å². The van der Waals surface area contributed by atoms with Gasteiger partial charge in [-0.3, -0.25) is 19.2 Å². The number of rotatable bonds is 16. The molecule has 0 radical (unpaired) electrons. The number of aromatic nitrogens is 2. The molecule has 1 aliphatic heterocycles. The molecular weight excluding hydrogens is 881 g/mol. The molecule has 1 aromatic heterocycles. The van der Waals surface area contributed by atoms with Gasteiger partial charge in [-0.05, 0) is 73.2 Å². The van der Waals surface area contributed by atoms with Crippen LogP contribution in [0.4, 0.5) is 5.82 Å². The van der Waals surface area contributed by atoms with Crippen molar-refractivity contribution < 1.29 is 53.9 Å². The standard InChI is InChI=1S/C47H62N10O11/c1-23-37(40(51)56-41(52-23)26-8-10-28(11-9-26)47(3,4)5)43(62)54-33(13-14-48)45(64)57(6)38-27-17-32(39(60)36(18-27)68-22-30(59)20-50)31-15-25(7-12-35(31)67-21-29(58)19-49)16-34(46(65)66)55-42(61)24(2)53-44(38)63/h7-12,15,17-18,24,29-30,33-34,38,58-60H,13-14,16,19-22,48-50H2,1-6H3,(H,53,63)(H,54,62)(H,55,61)(H,65,66)(H2,51,52,56). The Morgan fingerprint density at radius 3 is 2.10 bits per heavy atom. The molecule has 4 bridgehead atoms. The number of carboxylic acids is 1. The summed E-state index contributed by atoms with van der Waals surface area (Å²) in [6, 6.07) is 8.79. The van der Waals surface area contributed by atoms with Crippen molar-refractivity contribution in [2.24, 2.45) is 17.2 Å². The number of aryl methyl sites for hydroxylation is 1. The number of phenolic OH excluding ortho intramolecular Hbond substituents is 1. The average molecular weight is 943 g/mol. The van der Waals surface area contributed by atoms with Crippen molar-refractivity contribution in [3.63, 3.8) is 0 Å². The zero-order valence-corrected chi connectivity index (χ0v) is 38.9. The summed E-state index contributed by atoms with van der Waals surface area (Å²) in [5.41, 5.74) is 25.8. The van der Waals surface area contributed by atoms with Crippen molar-refractivity contribution in [1.29, 1.82) is 0 Å². The first-order valence-corrected chi connectivity index (χ1v) is 22.0. The summed E-state index contributed by atoms with van der Waals surface area (Å²) in [6.45, 7) is 7.94. The normalized spacial score (nSPS) is 17.7. The molecule has 6 unspecified atom stereocenters. The van der Waals surface area contributed by atoms with E-state index >= 15 is 0 Å². The monoisotopic (exact) mass is 942 g/mol. The number of likely N-dealkylation sites (N-methyl/N-ethyl adjacent to an activating group) is 1. The van der Waals surface area contributed by atoms with Gasteiger partial charge in [-0.15, -0.1) is 0 Å². The second-order valence-electron chi connectivity index (χ2n) is 17.7. The molecular formula is C47H62N10O11. The molecule has 2 heterocycles. The highest BCUT2D eigenvalue weighted by atomic mass is 16.5. The summed E-state index contributed by atoms with van der Waals surface area (Å²) in [6.07, 6.45) is -2.70. The van der Waals surface area contributed by atoms with Crippen LogP contribution in [0.1, 0.15) is 72.9 Å². The maximum Gasteiger partial charge on any atom is 0.326 e. The van der Waals surface area contributed by atoms with Crippen molar-refractivity contribution in [3.8, 4) is 39.8 Å². The zero-order valence-electron chi connectivity index (χ0n) is 38.9. The van der Waals surface area contributed by atoms with Gasteiger partial charge in [0, 0.05) is 43.2 Å². The molecule has 1 aliphatic rings. The number of ether oxygens (including phenoxy) is 2. The smallest absolute Gasteiger partial charge is 0.326 e. The number of carbonyl (C=O) groups is 5. The third-order valence-corrected chi connectivity index (χ3v) is 11.4. The van der Waals surface area contributed by atoms with Gasteiger partial charge in [-0.1, -0.05) is 51.1 Å². The summed E-state index contributed by atoms with van der Waals surface area (Å²) >= 11 is 0. The van der Waals surface area contributed by atoms with Crippen LogP contribution >= 0.6 is 0 Å². The number of carboxylic acid groups (broad SMARTS) is 1. The van der Waals surface area contributed by atoms with Gasteiger partial charge in [0.05, 0.1) is 5.69 Å². The molecule has 21 heteroatoms. The van der Waals surface area contributed by atoms with Crippen LogP contribution in [0.5, 0.6) is 17.2 Å². The first-order valence-electron chi connectivity index (χ1n) is 22.0. The predicted octanol–water partition coefficient (Wildman–Crippen LogP) is 0.378. The molecule has 4 amide bonds. The van der Waals surface area contributed by atoms with E-state index in [1.165, 1.54) is 44.3 Å². The van der Waals surface area contributed by atoms with Gasteiger partial charge in [-0.25, -0.2) is 14.8 Å². The van der Waals surface area contributed by atoms with Crippen LogP contribution < -0.4 is 48.4 Å². The van der Waals surface area contributed by atoms with E-state index in [0.717, 1.165) is 10.5 Å². The Hall–Kier alpha value is -6.91. The molecule has 6 atom stereocenters. The molecule has 366 valence electrons. The van der Waals surface area contributed by atoms with E-state index in [2.05, 4.69) is 46.7 Å². The van der Waals surface area contributed by atoms with Crippen LogP contribution in [0.25, 0.3) is 22.5 Å². The number of anilines is 1. The summed E-state index contributed by atoms with van der Waals surface area (Å²) in [5, 5.41) is 50.4. The second-order valence-corrected chi connectivity index (χ2v) is 17.7. The summed E-state index contributed by atoms with van der Waals surface area (Å²) < 4.78 is 11.8. The summed E-state index contributed by atoms with van der Waals surface area (Å²) in [5.74, 6) is -5.47. The van der Waals surface area contributed by atoms with Gasteiger partial charge in [0.15, 0.2) is 17.3 Å². The molecule has 0 saturated carbocycles. The number of nitrogen functional groups attached to an aromatic ring is 1. The lowest BCUT2D eigenvalue weighted by molar-refractivity contribution is -0.143. The SMILES string of the molecule is Cc1nc(-c2ccc(C(C)(C)C)cc2)nc(N)c1C(=O)NC(CCN)C(=O)N(C)C1C(=O)NC(C)C(=O)NC(C(=O)O)Cc2ccc(OCC(O)CN)c(c2)-c2cc1cc(OCC(O)CN)c2O. The number of amides is 4. The van der Waals surface area contributed by atoms with Crippen molar-refractivity contribution in [2.45, 2.75) is 89.3 Å². The largest absolute Gasteiger partial charge is 0.504 e. The minimum Gasteiger partial charge on any atom is -0.504 e. The Balaban J connectivity index is 1.62. The van der Waals surface area contributed by atoms with E-state index in [-0.39, 0.29) is 95.6 Å². The van der Waals surface area contributed by atoms with E-state index < -0.39 is 78.3 Å². The zero-order chi connectivity index (χ0) is 50.2. The van der Waals surface area contributed by atoms with E-state index in [4.69, 9.17) is 32.4 Å². The number of aliphatic hydroxyl groups excluding tert-OH is 2. The number of phenols is 1. The number of nitrogens with one attached hydrogen (secondary N) is 3. The lowest BCUT2D eigenvalue weighted by Gasteiger charge is -2.33. The molecule has 0 aliphatic carbocycles. The molecule has 3 aromatic carbocycles. The van der Waals surface area contributed by atoms with E-state index in [1.807, 2.05) is 24.3 Å². The maximum atomic E-state index is 14.8. The fraction of sp³-hybridized carbons (Fsp3) is 0.426. The van der Waals surface area contributed by atoms with Gasteiger partial charge in [0.25, 0.3) is 5.91 Å². The summed E-state index contributed by atoms with van der Waals surface area (Å²) in [7, 11) is 1.27. The number of aliphatic hydroxyl groups is 2. The quantitative estimate of drug-likeness (QED) is 0.0723. The van der Waals surface area contributed by atoms with Crippen molar-refractivity contribution in [2.75, 3.05) is 45.6 Å². The number of fused-ring (bicyclic) bond motifs is 5. The Morgan fingerprint density at radius 1 is 0.897 bits per heavy atom. The number of benzene rings is 3. The number of aromatic hydroxyl groups is 1. The molecule has 0 saturated heterocycles. The molecule has 21 nitrogen and oxygen atoms in total. The van der Waals surface area contributed by atoms with Crippen molar-refractivity contribution in [1.82, 2.24) is 30.8 Å². The lowest BCUT2D eigenvalue weighted by atomic mass is 9.86. The number of hydrogen-bond donors (Lipinski definition) is 11. The second kappa shape index (κ2) is 22.3. The third-order valence-electron chi connectivity index (χ3n) is 11.4. The van der Waals surface area contributed by atoms with Crippen molar-refractivity contribution in [3.05, 3.63) is 82.5 Å². The van der Waals surface area contributed by atoms with Gasteiger partial charge >= 0.3 is 5.97 Å². The molecule has 15 N–H and O–H groups in total. The van der Waals surface area contributed by atoms with Crippen molar-refractivity contribution >= 4 is 35.4 Å². The first kappa shape index (κ1) is 52.1. The molecule has 4 aromatic rings. The molecule has 0 fully saturated rings. The van der Waals surface area contributed by atoms with E-state index in [1.54, 1.807) is 6.92 Å². The first-order chi connectivity index (χ1) is 32.1. The highest BCUT2D eigenvalue weighted by Gasteiger charge is 2.37. The number of nitrogens with two attached hydrogens (primary N) is 4. The number of carbonyl (C=O) groups excluding carboxylic acids is 4. The average Bonchev–Trinajstić information content (AvgIpc) is 3.29. The van der Waals surface area contributed by atoms with Crippen LogP contribution in [0, 0.1) is 6.92 Å². The van der Waals surface area contributed by atoms with Gasteiger partial charge < -0.3 is 73.7 Å². The van der Waals surface area contributed by atoms with E-state index in [0.29, 0.717) is 11.1 Å². The highest BCUT2D eigenvalue weighted by Crippen LogP contribution is 2.45. The summed E-state index contributed by atoms with van der Waals surface area (Å²) in [4.78, 5) is 79.4. The minimum atomic E-state index is -1.68. The van der Waals surface area contributed by atoms with E-state index in [9.17, 15) is 44.4 Å². The Bertz CT molecular complexity index is 2480. The van der Waals surface area contributed by atoms with Crippen LogP contribution in [0.2, 0.25) is 0 Å². The molecule has 68 heavy (non-hydrogen) atoms. The fourth-order valence-electron chi connectivity index (χ4n) is 7.44. The Labute approximate surface area is 393 Å². The minimum absolute atomic E-state index is 0.00718. The number of aliphatic carboxylic acids is 1. The Kier molecular flexibility index (Phi) is 17.0. The predicted molar refractivity (Wildman–Crippen MR) is 251 cm³/mol. The molecule has 0 spiro atoms. The molecule has 5 rings (SSSR count). The number of nitrogens with zero attached hydrogens (tertiary/aromatic N) is 3. The fourth-order valence-corrected chi connectivity index (χ4v) is 7.44. The van der Waals surface area contributed by atoms with Crippen LogP contribution in [-0.2, 0) is 31.0 Å². The van der Waals surface area contributed by atoms with Crippen LogP contribution in [-0.4, -0.2) is 135 Å².